The molecule has 0 aliphatic rings. The average Bonchev–Trinajstić information content (AvgIpc) is 2.40. The second kappa shape index (κ2) is 5.85. The minimum atomic E-state index is -4.36. The smallest absolute Gasteiger partial charge is 0.324 e. The predicted molar refractivity (Wildman–Crippen MR) is 73.2 cm³/mol. The Bertz CT molecular complexity index is 617. The van der Waals surface area contributed by atoms with E-state index in [0.29, 0.717) is 17.5 Å². The van der Waals surface area contributed by atoms with Gasteiger partial charge in [-0.1, -0.05) is 18.2 Å². The third-order valence-corrected chi connectivity index (χ3v) is 3.37. The Labute approximate surface area is 120 Å². The van der Waals surface area contributed by atoms with Gasteiger partial charge in [-0.05, 0) is 54.3 Å². The van der Waals surface area contributed by atoms with E-state index in [1.807, 2.05) is 0 Å². The molecule has 2 aromatic rings. The Morgan fingerprint density at radius 3 is 2.19 bits per heavy atom. The van der Waals surface area contributed by atoms with E-state index in [4.69, 9.17) is 5.73 Å². The first-order valence-corrected chi connectivity index (χ1v) is 6.45. The lowest BCUT2D eigenvalue weighted by atomic mass is 9.94. The van der Waals surface area contributed by atoms with Gasteiger partial charge in [0.25, 0.3) is 0 Å². The number of nitrogens with two attached hydrogens (primary N) is 1. The Balaban J connectivity index is 2.19. The van der Waals surface area contributed by atoms with Crippen molar-refractivity contribution in [2.24, 2.45) is 5.73 Å². The summed E-state index contributed by atoms with van der Waals surface area (Å²) in [6.45, 7) is 1.61. The summed E-state index contributed by atoms with van der Waals surface area (Å²) in [7, 11) is 0. The zero-order valence-electron chi connectivity index (χ0n) is 11.4. The number of halogens is 4. The molecule has 21 heavy (non-hydrogen) atoms. The number of aryl methyl sites for hydroxylation is 1. The van der Waals surface area contributed by atoms with E-state index >= 15 is 0 Å². The maximum absolute atomic E-state index is 12.8. The first kappa shape index (κ1) is 15.5. The van der Waals surface area contributed by atoms with E-state index in [1.165, 1.54) is 18.2 Å². The van der Waals surface area contributed by atoms with Crippen molar-refractivity contribution in [3.63, 3.8) is 0 Å². The normalized spacial score (nSPS) is 13.2. The minimum absolute atomic E-state index is 0.335. The molecule has 1 atom stereocenters. The molecule has 0 heterocycles. The summed E-state index contributed by atoms with van der Waals surface area (Å²) >= 11 is 0. The van der Waals surface area contributed by atoms with Crippen molar-refractivity contribution in [1.82, 2.24) is 0 Å². The van der Waals surface area contributed by atoms with E-state index in [9.17, 15) is 17.6 Å². The molecule has 0 radical (unpaired) electrons. The topological polar surface area (TPSA) is 26.0 Å². The number of alkyl halides is 3. The van der Waals surface area contributed by atoms with E-state index in [0.717, 1.165) is 17.7 Å². The van der Waals surface area contributed by atoms with Crippen LogP contribution in [0.3, 0.4) is 0 Å². The van der Waals surface area contributed by atoms with Gasteiger partial charge in [0.2, 0.25) is 0 Å². The molecule has 2 rings (SSSR count). The second-order valence-electron chi connectivity index (χ2n) is 5.01. The first-order chi connectivity index (χ1) is 9.77. The lowest BCUT2D eigenvalue weighted by Crippen LogP contribution is -2.15. The Morgan fingerprint density at radius 1 is 1.05 bits per heavy atom. The lowest BCUT2D eigenvalue weighted by Gasteiger charge is -2.17. The summed E-state index contributed by atoms with van der Waals surface area (Å²) in [5.74, 6) is -0.335. The number of rotatable bonds is 3. The third-order valence-electron chi connectivity index (χ3n) is 3.37. The van der Waals surface area contributed by atoms with Gasteiger partial charge in [0.15, 0.2) is 0 Å². The Morgan fingerprint density at radius 2 is 1.67 bits per heavy atom. The largest absolute Gasteiger partial charge is 0.416 e. The van der Waals surface area contributed by atoms with Crippen LogP contribution in [0.4, 0.5) is 17.6 Å². The molecular formula is C16H15F4N. The van der Waals surface area contributed by atoms with Gasteiger partial charge in [-0.15, -0.1) is 0 Å². The highest BCUT2D eigenvalue weighted by Crippen LogP contribution is 2.31. The quantitative estimate of drug-likeness (QED) is 0.835. The summed E-state index contributed by atoms with van der Waals surface area (Å²) < 4.78 is 50.7. The molecule has 112 valence electrons. The fraction of sp³-hybridized carbons (Fsp3) is 0.250. The van der Waals surface area contributed by atoms with Gasteiger partial charge in [0, 0.05) is 6.04 Å². The molecule has 0 spiro atoms. The highest BCUT2D eigenvalue weighted by molar-refractivity contribution is 5.35. The van der Waals surface area contributed by atoms with Crippen LogP contribution in [-0.4, -0.2) is 0 Å². The molecule has 2 aromatic carbocycles. The van der Waals surface area contributed by atoms with Crippen LogP contribution in [-0.2, 0) is 12.6 Å². The standard InChI is InChI=1S/C16H15F4N/c1-10-8-12(16(18,19)20)4-7-14(10)15(21)9-11-2-5-13(17)6-3-11/h2-8,15H,9,21H2,1H3. The van der Waals surface area contributed by atoms with Crippen LogP contribution < -0.4 is 5.73 Å². The Hall–Kier alpha value is -1.88. The average molecular weight is 297 g/mol. The van der Waals surface area contributed by atoms with E-state index in [1.54, 1.807) is 19.1 Å². The van der Waals surface area contributed by atoms with Crippen LogP contribution in [0.5, 0.6) is 0 Å². The van der Waals surface area contributed by atoms with Crippen LogP contribution in [0, 0.1) is 12.7 Å². The van der Waals surface area contributed by atoms with Gasteiger partial charge < -0.3 is 5.73 Å². The van der Waals surface area contributed by atoms with Crippen molar-refractivity contribution in [3.8, 4) is 0 Å². The van der Waals surface area contributed by atoms with Crippen molar-refractivity contribution in [1.29, 1.82) is 0 Å². The molecule has 5 heteroatoms. The first-order valence-electron chi connectivity index (χ1n) is 6.45. The van der Waals surface area contributed by atoms with Gasteiger partial charge in [-0.2, -0.15) is 13.2 Å². The summed E-state index contributed by atoms with van der Waals surface area (Å²) in [5, 5.41) is 0. The second-order valence-corrected chi connectivity index (χ2v) is 5.01. The van der Waals surface area contributed by atoms with Crippen molar-refractivity contribution in [2.75, 3.05) is 0 Å². The maximum atomic E-state index is 12.8. The number of hydrogen-bond acceptors (Lipinski definition) is 1. The molecule has 0 aliphatic carbocycles. The van der Waals surface area contributed by atoms with Crippen LogP contribution in [0.25, 0.3) is 0 Å². The van der Waals surface area contributed by atoms with Gasteiger partial charge in [-0.25, -0.2) is 4.39 Å². The monoisotopic (exact) mass is 297 g/mol. The molecular weight excluding hydrogens is 282 g/mol. The molecule has 1 unspecified atom stereocenters. The zero-order chi connectivity index (χ0) is 15.6. The van der Waals surface area contributed by atoms with Crippen molar-refractivity contribution in [3.05, 3.63) is 70.5 Å². The number of benzene rings is 2. The van der Waals surface area contributed by atoms with Gasteiger partial charge >= 0.3 is 6.18 Å². The van der Waals surface area contributed by atoms with Gasteiger partial charge in [0.05, 0.1) is 5.56 Å². The fourth-order valence-corrected chi connectivity index (χ4v) is 2.25. The summed E-state index contributed by atoms with van der Waals surface area (Å²) in [5.41, 5.74) is 7.36. The highest BCUT2D eigenvalue weighted by Gasteiger charge is 2.30. The van der Waals surface area contributed by atoms with Crippen molar-refractivity contribution >= 4 is 0 Å². The molecule has 0 fully saturated rings. The van der Waals surface area contributed by atoms with Crippen LogP contribution in [0.2, 0.25) is 0 Å². The fourth-order valence-electron chi connectivity index (χ4n) is 2.25. The summed E-state index contributed by atoms with van der Waals surface area (Å²) in [6.07, 6.45) is -3.92. The molecule has 0 aromatic heterocycles. The van der Waals surface area contributed by atoms with Crippen LogP contribution in [0.15, 0.2) is 42.5 Å². The van der Waals surface area contributed by atoms with Crippen LogP contribution >= 0.6 is 0 Å². The highest BCUT2D eigenvalue weighted by atomic mass is 19.4. The van der Waals surface area contributed by atoms with E-state index in [2.05, 4.69) is 0 Å². The van der Waals surface area contributed by atoms with Crippen molar-refractivity contribution < 1.29 is 17.6 Å². The number of hydrogen-bond donors (Lipinski definition) is 1. The third kappa shape index (κ3) is 3.82. The van der Waals surface area contributed by atoms with Gasteiger partial charge in [-0.3, -0.25) is 0 Å². The minimum Gasteiger partial charge on any atom is -0.324 e. The van der Waals surface area contributed by atoms with Gasteiger partial charge in [0.1, 0.15) is 5.82 Å². The molecule has 0 bridgehead atoms. The summed E-state index contributed by atoms with van der Waals surface area (Å²) in [4.78, 5) is 0. The molecule has 0 saturated carbocycles. The SMILES string of the molecule is Cc1cc(C(F)(F)F)ccc1C(N)Cc1ccc(F)cc1. The van der Waals surface area contributed by atoms with E-state index < -0.39 is 17.8 Å². The zero-order valence-corrected chi connectivity index (χ0v) is 11.4. The van der Waals surface area contributed by atoms with Crippen LogP contribution in [0.1, 0.15) is 28.3 Å². The summed E-state index contributed by atoms with van der Waals surface area (Å²) in [6, 6.07) is 9.02. The molecule has 0 amide bonds. The molecule has 0 aliphatic heterocycles. The van der Waals surface area contributed by atoms with E-state index in [-0.39, 0.29) is 5.82 Å². The molecule has 0 saturated heterocycles. The molecule has 2 N–H and O–H groups in total. The maximum Gasteiger partial charge on any atom is 0.416 e. The Kier molecular flexibility index (Phi) is 4.32. The predicted octanol–water partition coefficient (Wildman–Crippen LogP) is 4.40. The van der Waals surface area contributed by atoms with Crippen molar-refractivity contribution in [2.45, 2.75) is 25.6 Å². The molecule has 1 nitrogen and oxygen atoms in total. The lowest BCUT2D eigenvalue weighted by molar-refractivity contribution is -0.137.